The van der Waals surface area contributed by atoms with Crippen LogP contribution in [-0.4, -0.2) is 30.6 Å². The number of para-hydroxylation sites is 1. The minimum Gasteiger partial charge on any atom is -0.478 e. The van der Waals surface area contributed by atoms with Gasteiger partial charge in [-0.1, -0.05) is 31.5 Å². The van der Waals surface area contributed by atoms with E-state index in [2.05, 4.69) is 41.1 Å². The molecular formula is C26H30N4O2. The van der Waals surface area contributed by atoms with E-state index in [-0.39, 0.29) is 0 Å². The summed E-state index contributed by atoms with van der Waals surface area (Å²) in [5.41, 5.74) is 6.45. The maximum Gasteiger partial charge on any atom is 0.339 e. The number of aryl methyl sites for hydroxylation is 1. The Bertz CT molecular complexity index is 1170. The van der Waals surface area contributed by atoms with Crippen LogP contribution in [-0.2, 0) is 6.42 Å². The van der Waals surface area contributed by atoms with Crippen LogP contribution in [0.2, 0.25) is 0 Å². The van der Waals surface area contributed by atoms with Crippen molar-refractivity contribution in [3.05, 3.63) is 64.7 Å². The van der Waals surface area contributed by atoms with Crippen molar-refractivity contribution in [2.45, 2.75) is 82.1 Å². The first-order valence-electron chi connectivity index (χ1n) is 12.1. The highest BCUT2D eigenvalue weighted by Gasteiger charge is 2.35. The van der Waals surface area contributed by atoms with Crippen LogP contribution in [0.25, 0.3) is 5.69 Å². The number of rotatable bonds is 5. The number of carboxylic acids is 1. The van der Waals surface area contributed by atoms with Crippen LogP contribution < -0.4 is 0 Å². The first-order chi connectivity index (χ1) is 15.6. The summed E-state index contributed by atoms with van der Waals surface area (Å²) in [6.45, 7) is 2.33. The first kappa shape index (κ1) is 19.8. The summed E-state index contributed by atoms with van der Waals surface area (Å²) in [4.78, 5) is 11.8. The van der Waals surface area contributed by atoms with Crippen molar-refractivity contribution in [2.75, 3.05) is 0 Å². The minimum absolute atomic E-state index is 0.309. The first-order valence-corrected chi connectivity index (χ1v) is 12.1. The van der Waals surface area contributed by atoms with Gasteiger partial charge in [0.25, 0.3) is 0 Å². The van der Waals surface area contributed by atoms with E-state index < -0.39 is 5.97 Å². The Labute approximate surface area is 188 Å². The Hall–Kier alpha value is -2.89. The van der Waals surface area contributed by atoms with Gasteiger partial charge in [-0.05, 0) is 74.0 Å². The van der Waals surface area contributed by atoms with Crippen LogP contribution in [0.3, 0.4) is 0 Å². The number of benzene rings is 1. The summed E-state index contributed by atoms with van der Waals surface area (Å²) >= 11 is 0. The molecule has 3 atom stereocenters. The normalized spacial score (nSPS) is 25.1. The molecule has 3 aliphatic rings. The number of aromatic carboxylic acids is 1. The Kier molecular flexibility index (Phi) is 4.70. The van der Waals surface area contributed by atoms with E-state index in [0.29, 0.717) is 29.4 Å². The molecule has 166 valence electrons. The monoisotopic (exact) mass is 431 g/mol. The molecule has 0 saturated heterocycles. The molecular weight excluding hydrogens is 401 g/mol. The summed E-state index contributed by atoms with van der Waals surface area (Å²) in [6.07, 6.45) is 12.7. The van der Waals surface area contributed by atoms with E-state index >= 15 is 0 Å². The maximum atomic E-state index is 11.8. The number of hydrogen-bond acceptors (Lipinski definition) is 3. The molecule has 3 aromatic rings. The van der Waals surface area contributed by atoms with Crippen molar-refractivity contribution in [1.29, 1.82) is 0 Å². The Morgan fingerprint density at radius 1 is 1.00 bits per heavy atom. The van der Waals surface area contributed by atoms with Gasteiger partial charge in [0.15, 0.2) is 0 Å². The lowest BCUT2D eigenvalue weighted by Crippen LogP contribution is -2.22. The zero-order chi connectivity index (χ0) is 21.8. The van der Waals surface area contributed by atoms with Crippen molar-refractivity contribution < 1.29 is 9.90 Å². The Morgan fingerprint density at radius 2 is 1.84 bits per heavy atom. The highest BCUT2D eigenvalue weighted by molar-refractivity contribution is 5.89. The second kappa shape index (κ2) is 7.61. The molecule has 1 N–H and O–H groups in total. The van der Waals surface area contributed by atoms with Crippen molar-refractivity contribution >= 4 is 5.97 Å². The summed E-state index contributed by atoms with van der Waals surface area (Å²) in [5.74, 6) is 0.449. The molecule has 2 aromatic heterocycles. The largest absolute Gasteiger partial charge is 0.478 e. The zero-order valence-corrected chi connectivity index (χ0v) is 18.6. The number of fused-ring (bicyclic) bond motifs is 1. The number of hydrogen-bond donors (Lipinski definition) is 1. The zero-order valence-electron chi connectivity index (χ0n) is 18.6. The molecule has 6 rings (SSSR count). The molecule has 2 saturated carbocycles. The number of carbonyl (C=O) groups is 1. The standard InChI is InChI=1S/C26H30N4O2/c1-16-9-10-19-14-27-29(24(16)19)20-6-4-5-18(13-20)21-7-2-3-8-23(21)30-25(17-11-12-17)22(15-28-30)26(31)32/h2-3,7-8,14-18,20H,4-6,9-13H2,1H3,(H,31,32)/t16?,18?,20-/m0/s1/i17+1. The highest BCUT2D eigenvalue weighted by Crippen LogP contribution is 2.46. The van der Waals surface area contributed by atoms with Crippen LogP contribution in [0.5, 0.6) is 0 Å². The molecule has 3 aliphatic carbocycles. The summed E-state index contributed by atoms with van der Waals surface area (Å²) in [5, 5.41) is 19.1. The van der Waals surface area contributed by atoms with E-state index in [1.54, 1.807) is 0 Å². The highest BCUT2D eigenvalue weighted by atomic mass is 16.4. The SMILES string of the molecule is CC1CCc2cnn([C@H]3CCCC(c4ccccc4-n4ncc(C(=O)O)c4[13CH]4CC4)C3)c21. The van der Waals surface area contributed by atoms with Crippen molar-refractivity contribution in [1.82, 2.24) is 19.6 Å². The van der Waals surface area contributed by atoms with Gasteiger partial charge in [-0.3, -0.25) is 4.68 Å². The second-order valence-electron chi connectivity index (χ2n) is 9.95. The van der Waals surface area contributed by atoms with Crippen LogP contribution in [0, 0.1) is 0 Å². The maximum absolute atomic E-state index is 11.8. The van der Waals surface area contributed by atoms with Gasteiger partial charge in [-0.15, -0.1) is 0 Å². The van der Waals surface area contributed by atoms with Gasteiger partial charge in [0.1, 0.15) is 5.56 Å². The van der Waals surface area contributed by atoms with Crippen LogP contribution in [0.1, 0.15) is 109 Å². The van der Waals surface area contributed by atoms with E-state index in [1.807, 2.05) is 10.7 Å². The molecule has 2 fully saturated rings. The van der Waals surface area contributed by atoms with E-state index in [4.69, 9.17) is 5.10 Å². The average molecular weight is 432 g/mol. The third kappa shape index (κ3) is 3.19. The summed E-state index contributed by atoms with van der Waals surface area (Å²) in [7, 11) is 0. The quantitative estimate of drug-likeness (QED) is 0.534. The Morgan fingerprint density at radius 3 is 2.66 bits per heavy atom. The van der Waals surface area contributed by atoms with Crippen LogP contribution >= 0.6 is 0 Å². The van der Waals surface area contributed by atoms with Gasteiger partial charge in [0, 0.05) is 11.6 Å². The topological polar surface area (TPSA) is 72.9 Å². The molecule has 1 aromatic carbocycles. The van der Waals surface area contributed by atoms with Gasteiger partial charge < -0.3 is 5.11 Å². The molecule has 6 heteroatoms. The van der Waals surface area contributed by atoms with E-state index in [1.165, 1.54) is 42.3 Å². The predicted molar refractivity (Wildman–Crippen MR) is 122 cm³/mol. The van der Waals surface area contributed by atoms with Gasteiger partial charge in [0.05, 0.1) is 29.8 Å². The van der Waals surface area contributed by atoms with Crippen LogP contribution in [0.15, 0.2) is 36.7 Å². The predicted octanol–water partition coefficient (Wildman–Crippen LogP) is 5.59. The molecule has 2 unspecified atom stereocenters. The molecule has 0 spiro atoms. The van der Waals surface area contributed by atoms with E-state index in [0.717, 1.165) is 43.5 Å². The molecule has 6 nitrogen and oxygen atoms in total. The lowest BCUT2D eigenvalue weighted by atomic mass is 9.80. The fourth-order valence-corrected chi connectivity index (χ4v) is 6.10. The van der Waals surface area contributed by atoms with Crippen LogP contribution in [0.4, 0.5) is 0 Å². The number of nitrogens with zero attached hydrogens (tertiary/aromatic N) is 4. The molecule has 32 heavy (non-hydrogen) atoms. The summed E-state index contributed by atoms with van der Waals surface area (Å²) < 4.78 is 4.27. The van der Waals surface area contributed by atoms with E-state index in [9.17, 15) is 9.90 Å². The van der Waals surface area contributed by atoms with Gasteiger partial charge in [-0.2, -0.15) is 10.2 Å². The third-order valence-electron chi connectivity index (χ3n) is 7.83. The molecule has 0 bridgehead atoms. The van der Waals surface area contributed by atoms with Crippen molar-refractivity contribution in [3.8, 4) is 5.69 Å². The van der Waals surface area contributed by atoms with Crippen molar-refractivity contribution in [3.63, 3.8) is 0 Å². The fourth-order valence-electron chi connectivity index (χ4n) is 6.10. The molecule has 0 aliphatic heterocycles. The molecule has 0 radical (unpaired) electrons. The lowest BCUT2D eigenvalue weighted by molar-refractivity contribution is 0.0695. The smallest absolute Gasteiger partial charge is 0.339 e. The molecule has 2 heterocycles. The van der Waals surface area contributed by atoms with Gasteiger partial charge >= 0.3 is 5.97 Å². The molecule has 0 amide bonds. The lowest BCUT2D eigenvalue weighted by Gasteiger charge is -2.32. The minimum atomic E-state index is -0.880. The summed E-state index contributed by atoms with van der Waals surface area (Å²) in [6, 6.07) is 8.91. The fraction of sp³-hybridized carbons (Fsp3) is 0.500. The second-order valence-corrected chi connectivity index (χ2v) is 9.95. The van der Waals surface area contributed by atoms with Gasteiger partial charge in [0.2, 0.25) is 0 Å². The number of aromatic nitrogens is 4. The number of carboxylic acid groups (broad SMARTS) is 1. The average Bonchev–Trinajstić information content (AvgIpc) is 3.24. The third-order valence-corrected chi connectivity index (χ3v) is 7.83. The van der Waals surface area contributed by atoms with Crippen molar-refractivity contribution in [2.24, 2.45) is 0 Å². The Balaban J connectivity index is 1.36. The van der Waals surface area contributed by atoms with Gasteiger partial charge in [-0.25, -0.2) is 9.48 Å².